The highest BCUT2D eigenvalue weighted by molar-refractivity contribution is 7.71. The summed E-state index contributed by atoms with van der Waals surface area (Å²) in [6.45, 7) is 5.44. The lowest BCUT2D eigenvalue weighted by Gasteiger charge is -2.14. The monoisotopic (exact) mass is 211 g/mol. The Morgan fingerprint density at radius 2 is 2.21 bits per heavy atom. The quantitative estimate of drug-likeness (QED) is 0.777. The summed E-state index contributed by atoms with van der Waals surface area (Å²) in [5.41, 5.74) is 0.534. The number of aromatic amines is 1. The van der Waals surface area contributed by atoms with Crippen molar-refractivity contribution in [2.24, 2.45) is 5.41 Å². The minimum Gasteiger partial charge on any atom is -0.304 e. The normalized spacial score (nSPS) is 18.4. The first kappa shape index (κ1) is 9.90. The van der Waals surface area contributed by atoms with E-state index in [1.807, 2.05) is 0 Å². The smallest absolute Gasteiger partial charge is 0.195 e. The Bertz CT molecular complexity index is 373. The lowest BCUT2D eigenvalue weighted by Crippen LogP contribution is -2.13. The van der Waals surface area contributed by atoms with Crippen molar-refractivity contribution in [3.8, 4) is 0 Å². The van der Waals surface area contributed by atoms with Gasteiger partial charge in [-0.1, -0.05) is 13.8 Å². The van der Waals surface area contributed by atoms with Crippen LogP contribution in [0.25, 0.3) is 0 Å². The Morgan fingerprint density at radius 3 is 2.71 bits per heavy atom. The molecule has 14 heavy (non-hydrogen) atoms. The van der Waals surface area contributed by atoms with E-state index in [9.17, 15) is 0 Å². The number of hydrogen-bond donors (Lipinski definition) is 1. The maximum absolute atomic E-state index is 5.23. The summed E-state index contributed by atoms with van der Waals surface area (Å²) in [5, 5.41) is 7.10. The molecule has 0 spiro atoms. The van der Waals surface area contributed by atoms with Crippen LogP contribution in [-0.4, -0.2) is 14.8 Å². The molecule has 1 aliphatic rings. The highest BCUT2D eigenvalue weighted by Gasteiger charge is 2.41. The van der Waals surface area contributed by atoms with E-state index < -0.39 is 0 Å². The van der Waals surface area contributed by atoms with Crippen molar-refractivity contribution in [1.82, 2.24) is 14.8 Å². The van der Waals surface area contributed by atoms with E-state index in [0.29, 0.717) is 5.41 Å². The van der Waals surface area contributed by atoms with Gasteiger partial charge in [0.25, 0.3) is 0 Å². The van der Waals surface area contributed by atoms with Crippen LogP contribution in [0.1, 0.15) is 38.9 Å². The standard InChI is InChI=1S/C10H17N3S/c1-3-8-11-12-9(14)13(8)7-10(4-2)5-6-10/h3-7H2,1-2H3,(H,12,14). The maximum Gasteiger partial charge on any atom is 0.195 e. The molecule has 1 fully saturated rings. The van der Waals surface area contributed by atoms with Crippen LogP contribution < -0.4 is 0 Å². The number of nitrogens with one attached hydrogen (secondary N) is 1. The number of aromatic nitrogens is 3. The molecule has 0 radical (unpaired) electrons. The van der Waals surface area contributed by atoms with Crippen molar-refractivity contribution >= 4 is 12.2 Å². The zero-order valence-corrected chi connectivity index (χ0v) is 9.65. The molecule has 1 heterocycles. The van der Waals surface area contributed by atoms with E-state index in [1.165, 1.54) is 19.3 Å². The summed E-state index contributed by atoms with van der Waals surface area (Å²) in [5.74, 6) is 1.09. The van der Waals surface area contributed by atoms with Gasteiger partial charge in [0.15, 0.2) is 4.77 Å². The lowest BCUT2D eigenvalue weighted by atomic mass is 10.0. The third kappa shape index (κ3) is 1.63. The van der Waals surface area contributed by atoms with Crippen LogP contribution in [0.2, 0.25) is 0 Å². The van der Waals surface area contributed by atoms with Gasteiger partial charge in [-0.05, 0) is 36.9 Å². The molecule has 1 aromatic rings. The molecule has 1 aromatic heterocycles. The van der Waals surface area contributed by atoms with Gasteiger partial charge < -0.3 is 4.57 Å². The second-order valence-electron chi connectivity index (χ2n) is 4.24. The molecule has 0 aromatic carbocycles. The fourth-order valence-electron chi connectivity index (χ4n) is 1.92. The van der Waals surface area contributed by atoms with Gasteiger partial charge in [0.1, 0.15) is 5.82 Å². The Kier molecular flexibility index (Phi) is 2.47. The fraction of sp³-hybridized carbons (Fsp3) is 0.800. The predicted molar refractivity (Wildman–Crippen MR) is 58.7 cm³/mol. The third-order valence-corrected chi connectivity index (χ3v) is 3.67. The van der Waals surface area contributed by atoms with Gasteiger partial charge in [-0.3, -0.25) is 5.10 Å². The van der Waals surface area contributed by atoms with Crippen molar-refractivity contribution in [2.45, 2.75) is 46.1 Å². The largest absolute Gasteiger partial charge is 0.304 e. The Hall–Kier alpha value is -0.640. The summed E-state index contributed by atoms with van der Waals surface area (Å²) in [6.07, 6.45) is 4.90. The first-order valence-electron chi connectivity index (χ1n) is 5.35. The van der Waals surface area contributed by atoms with Gasteiger partial charge in [-0.15, -0.1) is 0 Å². The van der Waals surface area contributed by atoms with E-state index in [1.54, 1.807) is 0 Å². The molecule has 0 bridgehead atoms. The van der Waals surface area contributed by atoms with Gasteiger partial charge >= 0.3 is 0 Å². The fourth-order valence-corrected chi connectivity index (χ4v) is 2.13. The Morgan fingerprint density at radius 1 is 1.50 bits per heavy atom. The molecule has 4 heteroatoms. The van der Waals surface area contributed by atoms with Crippen LogP contribution in [0, 0.1) is 10.2 Å². The zero-order valence-electron chi connectivity index (χ0n) is 8.84. The highest BCUT2D eigenvalue weighted by atomic mass is 32.1. The molecule has 0 amide bonds. The van der Waals surface area contributed by atoms with Crippen molar-refractivity contribution in [3.63, 3.8) is 0 Å². The Labute approximate surface area is 89.5 Å². The van der Waals surface area contributed by atoms with E-state index in [2.05, 4.69) is 28.6 Å². The number of nitrogens with zero attached hydrogens (tertiary/aromatic N) is 2. The molecule has 0 unspecified atom stereocenters. The van der Waals surface area contributed by atoms with E-state index in [-0.39, 0.29) is 0 Å². The Balaban J connectivity index is 2.23. The van der Waals surface area contributed by atoms with Crippen molar-refractivity contribution in [1.29, 1.82) is 0 Å². The SMILES string of the molecule is CCc1n[nH]c(=S)n1CC1(CC)CC1. The van der Waals surface area contributed by atoms with E-state index >= 15 is 0 Å². The number of H-pyrrole nitrogens is 1. The average Bonchev–Trinajstić information content (AvgIpc) is 2.89. The third-order valence-electron chi connectivity index (χ3n) is 3.35. The lowest BCUT2D eigenvalue weighted by molar-refractivity contribution is 0.399. The molecule has 0 aliphatic heterocycles. The number of rotatable bonds is 4. The summed E-state index contributed by atoms with van der Waals surface area (Å²) in [6, 6.07) is 0. The van der Waals surface area contributed by atoms with Crippen LogP contribution in [-0.2, 0) is 13.0 Å². The molecule has 1 N–H and O–H groups in total. The van der Waals surface area contributed by atoms with Gasteiger partial charge in [-0.2, -0.15) is 5.10 Å². The average molecular weight is 211 g/mol. The van der Waals surface area contributed by atoms with Gasteiger partial charge in [0, 0.05) is 13.0 Å². The first-order valence-corrected chi connectivity index (χ1v) is 5.76. The zero-order chi connectivity index (χ0) is 10.2. The molecule has 78 valence electrons. The van der Waals surface area contributed by atoms with Crippen LogP contribution in [0.4, 0.5) is 0 Å². The van der Waals surface area contributed by atoms with Crippen molar-refractivity contribution < 1.29 is 0 Å². The van der Waals surface area contributed by atoms with Crippen LogP contribution in [0.15, 0.2) is 0 Å². The second-order valence-corrected chi connectivity index (χ2v) is 4.62. The minimum atomic E-state index is 0.534. The molecule has 1 aliphatic carbocycles. The molecule has 1 saturated carbocycles. The number of hydrogen-bond acceptors (Lipinski definition) is 2. The maximum atomic E-state index is 5.23. The summed E-state index contributed by atoms with van der Waals surface area (Å²) < 4.78 is 2.95. The first-order chi connectivity index (χ1) is 6.71. The molecular weight excluding hydrogens is 194 g/mol. The van der Waals surface area contributed by atoms with Crippen LogP contribution >= 0.6 is 12.2 Å². The van der Waals surface area contributed by atoms with Gasteiger partial charge in [0.2, 0.25) is 0 Å². The van der Waals surface area contributed by atoms with Crippen LogP contribution in [0.5, 0.6) is 0 Å². The van der Waals surface area contributed by atoms with Gasteiger partial charge in [-0.25, -0.2) is 0 Å². The molecule has 3 nitrogen and oxygen atoms in total. The second kappa shape index (κ2) is 3.50. The van der Waals surface area contributed by atoms with E-state index in [0.717, 1.165) is 23.6 Å². The summed E-state index contributed by atoms with van der Waals surface area (Å²) >= 11 is 5.23. The summed E-state index contributed by atoms with van der Waals surface area (Å²) in [4.78, 5) is 0. The highest BCUT2D eigenvalue weighted by Crippen LogP contribution is 2.50. The van der Waals surface area contributed by atoms with Crippen LogP contribution in [0.3, 0.4) is 0 Å². The molecule has 0 saturated heterocycles. The topological polar surface area (TPSA) is 33.6 Å². The van der Waals surface area contributed by atoms with Crippen molar-refractivity contribution in [3.05, 3.63) is 10.6 Å². The molecule has 0 atom stereocenters. The van der Waals surface area contributed by atoms with E-state index in [4.69, 9.17) is 12.2 Å². The predicted octanol–water partition coefficient (Wildman–Crippen LogP) is 2.69. The van der Waals surface area contributed by atoms with Crippen molar-refractivity contribution in [2.75, 3.05) is 0 Å². The van der Waals surface area contributed by atoms with Gasteiger partial charge in [0.05, 0.1) is 0 Å². The minimum absolute atomic E-state index is 0.534. The molecule has 2 rings (SSSR count). The molecular formula is C10H17N3S. The number of aryl methyl sites for hydroxylation is 1. The summed E-state index contributed by atoms with van der Waals surface area (Å²) in [7, 11) is 0.